The van der Waals surface area contributed by atoms with E-state index >= 15 is 0 Å². The molecule has 0 atom stereocenters. The first kappa shape index (κ1) is 15.0. The standard InChI is InChI=1S/C13H8BrF2NO4S/c14-8-2-1-3-10(6-8)22(18,19)17-9-4-5-11-12(7-9)21-13(15,16)20-11/h1-7,17H. The van der Waals surface area contributed by atoms with Gasteiger partial charge >= 0.3 is 6.29 Å². The number of nitrogens with one attached hydrogen (secondary N) is 1. The molecule has 2 aromatic carbocycles. The maximum atomic E-state index is 12.9. The van der Waals surface area contributed by atoms with E-state index in [4.69, 9.17) is 0 Å². The lowest BCUT2D eigenvalue weighted by molar-refractivity contribution is -0.286. The Bertz CT molecular complexity index is 842. The Kier molecular flexibility index (Phi) is 3.48. The monoisotopic (exact) mass is 391 g/mol. The van der Waals surface area contributed by atoms with E-state index < -0.39 is 16.3 Å². The number of halogens is 3. The van der Waals surface area contributed by atoms with Gasteiger partial charge in [-0.2, -0.15) is 0 Å². The molecule has 116 valence electrons. The minimum Gasteiger partial charge on any atom is -0.395 e. The number of fused-ring (bicyclic) bond motifs is 1. The number of hydrogen-bond donors (Lipinski definition) is 1. The Balaban J connectivity index is 1.88. The molecular formula is C13H8BrF2NO4S. The van der Waals surface area contributed by atoms with Gasteiger partial charge in [0.25, 0.3) is 10.0 Å². The summed E-state index contributed by atoms with van der Waals surface area (Å²) in [5, 5.41) is 0. The summed E-state index contributed by atoms with van der Waals surface area (Å²) in [6.07, 6.45) is -3.75. The first-order chi connectivity index (χ1) is 10.3. The van der Waals surface area contributed by atoms with Crippen LogP contribution in [0.15, 0.2) is 51.8 Å². The minimum absolute atomic E-state index is 0.0323. The summed E-state index contributed by atoms with van der Waals surface area (Å²) in [4.78, 5) is 0.0323. The zero-order valence-corrected chi connectivity index (χ0v) is 13.1. The first-order valence-electron chi connectivity index (χ1n) is 5.93. The van der Waals surface area contributed by atoms with Gasteiger partial charge in [0.1, 0.15) is 0 Å². The van der Waals surface area contributed by atoms with E-state index in [1.807, 2.05) is 0 Å². The molecule has 1 aliphatic rings. The van der Waals surface area contributed by atoms with E-state index in [1.165, 1.54) is 24.3 Å². The normalized spacial score (nSPS) is 15.6. The molecule has 9 heteroatoms. The molecule has 0 bridgehead atoms. The van der Waals surface area contributed by atoms with Crippen LogP contribution in [0, 0.1) is 0 Å². The zero-order valence-electron chi connectivity index (χ0n) is 10.7. The van der Waals surface area contributed by atoms with Crippen molar-refractivity contribution in [1.29, 1.82) is 0 Å². The summed E-state index contributed by atoms with van der Waals surface area (Å²) in [5.41, 5.74) is 0.0834. The predicted molar refractivity (Wildman–Crippen MR) is 77.6 cm³/mol. The number of rotatable bonds is 3. The van der Waals surface area contributed by atoms with Crippen molar-refractivity contribution in [3.63, 3.8) is 0 Å². The smallest absolute Gasteiger partial charge is 0.395 e. The van der Waals surface area contributed by atoms with E-state index in [0.29, 0.717) is 4.47 Å². The molecule has 0 saturated heterocycles. The third kappa shape index (κ3) is 3.00. The van der Waals surface area contributed by atoms with Gasteiger partial charge in [-0.3, -0.25) is 4.72 Å². The Morgan fingerprint density at radius 1 is 1.05 bits per heavy atom. The molecule has 0 radical (unpaired) electrons. The van der Waals surface area contributed by atoms with Gasteiger partial charge in [-0.15, -0.1) is 8.78 Å². The van der Waals surface area contributed by atoms with Gasteiger partial charge in [-0.25, -0.2) is 8.42 Å². The summed E-state index contributed by atoms with van der Waals surface area (Å²) in [7, 11) is -3.85. The molecule has 0 saturated carbocycles. The quantitative estimate of drug-likeness (QED) is 0.868. The fourth-order valence-electron chi connectivity index (χ4n) is 1.86. The third-order valence-electron chi connectivity index (χ3n) is 2.76. The largest absolute Gasteiger partial charge is 0.586 e. The van der Waals surface area contributed by atoms with Gasteiger partial charge in [-0.1, -0.05) is 22.0 Å². The molecule has 1 N–H and O–H groups in total. The predicted octanol–water partition coefficient (Wildman–Crippen LogP) is 3.57. The second-order valence-corrected chi connectivity index (χ2v) is 6.99. The van der Waals surface area contributed by atoms with E-state index in [-0.39, 0.29) is 22.1 Å². The van der Waals surface area contributed by atoms with Gasteiger partial charge < -0.3 is 9.47 Å². The van der Waals surface area contributed by atoms with E-state index in [0.717, 1.165) is 6.07 Å². The molecule has 5 nitrogen and oxygen atoms in total. The molecule has 3 rings (SSSR count). The third-order valence-corrected chi connectivity index (χ3v) is 4.63. The highest BCUT2D eigenvalue weighted by Gasteiger charge is 2.43. The van der Waals surface area contributed by atoms with Crippen LogP contribution in [0.3, 0.4) is 0 Å². The summed E-state index contributed by atoms with van der Waals surface area (Å²) in [6, 6.07) is 9.72. The summed E-state index contributed by atoms with van der Waals surface area (Å²) in [5.74, 6) is -0.394. The fourth-order valence-corrected chi connectivity index (χ4v) is 3.51. The molecule has 0 spiro atoms. The number of sulfonamides is 1. The zero-order chi connectivity index (χ0) is 16.0. The van der Waals surface area contributed by atoms with Crippen molar-refractivity contribution in [1.82, 2.24) is 0 Å². The van der Waals surface area contributed by atoms with Gasteiger partial charge in [-0.05, 0) is 30.3 Å². The van der Waals surface area contributed by atoms with Gasteiger partial charge in [0.05, 0.1) is 10.6 Å². The number of anilines is 1. The lowest BCUT2D eigenvalue weighted by atomic mass is 10.3. The van der Waals surface area contributed by atoms with Crippen LogP contribution in [0.4, 0.5) is 14.5 Å². The molecule has 0 aromatic heterocycles. The van der Waals surface area contributed by atoms with Crippen LogP contribution in [0.1, 0.15) is 0 Å². The Morgan fingerprint density at radius 3 is 2.50 bits per heavy atom. The average molecular weight is 392 g/mol. The number of alkyl halides is 2. The topological polar surface area (TPSA) is 64.6 Å². The molecule has 0 amide bonds. The molecule has 0 aliphatic carbocycles. The summed E-state index contributed by atoms with van der Waals surface area (Å²) in [6.45, 7) is 0. The van der Waals surface area contributed by atoms with Gasteiger partial charge in [0.15, 0.2) is 11.5 Å². The van der Waals surface area contributed by atoms with Crippen LogP contribution in [-0.2, 0) is 10.0 Å². The van der Waals surface area contributed by atoms with Crippen molar-refractivity contribution in [2.24, 2.45) is 0 Å². The van der Waals surface area contributed by atoms with Crippen molar-refractivity contribution in [3.8, 4) is 11.5 Å². The summed E-state index contributed by atoms with van der Waals surface area (Å²) < 4.78 is 61.7. The van der Waals surface area contributed by atoms with Crippen molar-refractivity contribution < 1.29 is 26.7 Å². The SMILES string of the molecule is O=S(=O)(Nc1ccc2c(c1)OC(F)(F)O2)c1cccc(Br)c1. The Morgan fingerprint density at radius 2 is 1.77 bits per heavy atom. The van der Waals surface area contributed by atoms with Crippen molar-refractivity contribution in [2.75, 3.05) is 4.72 Å². The van der Waals surface area contributed by atoms with Crippen molar-refractivity contribution >= 4 is 31.6 Å². The number of benzene rings is 2. The first-order valence-corrected chi connectivity index (χ1v) is 8.21. The summed E-state index contributed by atoms with van der Waals surface area (Å²) >= 11 is 3.18. The minimum atomic E-state index is -3.85. The fraction of sp³-hybridized carbons (Fsp3) is 0.0769. The Labute approximate surface area is 133 Å². The van der Waals surface area contributed by atoms with E-state index in [2.05, 4.69) is 30.1 Å². The van der Waals surface area contributed by atoms with Crippen LogP contribution in [-0.4, -0.2) is 14.7 Å². The maximum Gasteiger partial charge on any atom is 0.586 e. The molecule has 2 aromatic rings. The molecule has 22 heavy (non-hydrogen) atoms. The van der Waals surface area contributed by atoms with Crippen LogP contribution in [0.5, 0.6) is 11.5 Å². The van der Waals surface area contributed by atoms with Crippen LogP contribution < -0.4 is 14.2 Å². The van der Waals surface area contributed by atoms with Crippen LogP contribution in [0.25, 0.3) is 0 Å². The highest BCUT2D eigenvalue weighted by Crippen LogP contribution is 2.42. The Hall–Kier alpha value is -1.87. The lowest BCUT2D eigenvalue weighted by Gasteiger charge is -2.08. The molecular weight excluding hydrogens is 384 g/mol. The second-order valence-electron chi connectivity index (χ2n) is 4.39. The van der Waals surface area contributed by atoms with Crippen molar-refractivity contribution in [3.05, 3.63) is 46.9 Å². The van der Waals surface area contributed by atoms with Gasteiger partial charge in [0, 0.05) is 10.5 Å². The van der Waals surface area contributed by atoms with Crippen molar-refractivity contribution in [2.45, 2.75) is 11.2 Å². The highest BCUT2D eigenvalue weighted by molar-refractivity contribution is 9.10. The van der Waals surface area contributed by atoms with Crippen LogP contribution >= 0.6 is 15.9 Å². The molecule has 1 heterocycles. The molecule has 0 unspecified atom stereocenters. The molecule has 0 fully saturated rings. The second kappa shape index (κ2) is 5.10. The maximum absolute atomic E-state index is 12.9. The molecule has 1 aliphatic heterocycles. The number of ether oxygens (including phenoxy) is 2. The average Bonchev–Trinajstić information content (AvgIpc) is 2.71. The van der Waals surface area contributed by atoms with E-state index in [9.17, 15) is 17.2 Å². The number of hydrogen-bond acceptors (Lipinski definition) is 4. The highest BCUT2D eigenvalue weighted by atomic mass is 79.9. The lowest BCUT2D eigenvalue weighted by Crippen LogP contribution is -2.25. The van der Waals surface area contributed by atoms with Crippen LogP contribution in [0.2, 0.25) is 0 Å². The van der Waals surface area contributed by atoms with Gasteiger partial charge in [0.2, 0.25) is 0 Å². The van der Waals surface area contributed by atoms with E-state index in [1.54, 1.807) is 12.1 Å².